The number of carbonyl (C=O) groups is 3. The van der Waals surface area contributed by atoms with Crippen molar-refractivity contribution < 1.29 is 14.4 Å². The smallest absolute Gasteiger partial charge is 0.272 e. The first-order valence-corrected chi connectivity index (χ1v) is 15.6. The van der Waals surface area contributed by atoms with Gasteiger partial charge in [0.25, 0.3) is 11.8 Å². The molecule has 3 rings (SSSR count). The largest absolute Gasteiger partial charge is 0.360 e. The predicted molar refractivity (Wildman–Crippen MR) is 173 cm³/mol. The lowest BCUT2D eigenvalue weighted by Gasteiger charge is -2.34. The molecule has 230 valence electrons. The van der Waals surface area contributed by atoms with E-state index in [1.165, 1.54) is 5.56 Å². The average Bonchev–Trinajstić information content (AvgIpc) is 3.32. The number of unbranched alkanes of at least 4 members (excludes halogenated alkanes) is 2. The van der Waals surface area contributed by atoms with Crippen molar-refractivity contribution in [1.29, 1.82) is 5.26 Å². The summed E-state index contributed by atoms with van der Waals surface area (Å²) in [6.07, 6.45) is 6.61. The molecule has 0 aromatic heterocycles. The number of aryl methyl sites for hydroxylation is 3. The Morgan fingerprint density at radius 1 is 1.05 bits per heavy atom. The maximum Gasteiger partial charge on any atom is 0.272 e. The van der Waals surface area contributed by atoms with Crippen molar-refractivity contribution in [2.75, 3.05) is 13.1 Å². The lowest BCUT2D eigenvalue weighted by Crippen LogP contribution is -2.53. The summed E-state index contributed by atoms with van der Waals surface area (Å²) in [5.74, 6) is -0.554. The molecule has 0 N–H and O–H groups in total. The van der Waals surface area contributed by atoms with Crippen molar-refractivity contribution in [1.82, 2.24) is 9.80 Å². The number of rotatable bonds is 10. The van der Waals surface area contributed by atoms with Crippen molar-refractivity contribution in [3.8, 4) is 6.07 Å². The van der Waals surface area contributed by atoms with Gasteiger partial charge in [0.1, 0.15) is 17.5 Å². The van der Waals surface area contributed by atoms with Crippen LogP contribution in [0.1, 0.15) is 103 Å². The molecule has 7 heteroatoms. The lowest BCUT2D eigenvalue weighted by molar-refractivity contribution is -0.149. The number of nitriles is 1. The molecule has 0 radical (unpaired) electrons. The van der Waals surface area contributed by atoms with Crippen LogP contribution in [-0.2, 0) is 14.4 Å². The van der Waals surface area contributed by atoms with E-state index >= 15 is 0 Å². The number of nitrogens with zero attached hydrogens (tertiary/aromatic N) is 4. The van der Waals surface area contributed by atoms with E-state index in [2.05, 4.69) is 51.7 Å². The molecule has 1 atom stereocenters. The normalized spacial score (nSPS) is 17.6. The van der Waals surface area contributed by atoms with E-state index in [0.29, 0.717) is 12.0 Å². The molecule has 2 heterocycles. The van der Waals surface area contributed by atoms with Crippen LogP contribution in [0.5, 0.6) is 0 Å². The van der Waals surface area contributed by atoms with Crippen molar-refractivity contribution >= 4 is 29.1 Å². The number of carbonyl (C=O) groups excluding carboxylic acids is 3. The summed E-state index contributed by atoms with van der Waals surface area (Å²) in [7, 11) is 0. The molecule has 0 saturated heterocycles. The Labute approximate surface area is 258 Å². The maximum atomic E-state index is 14.1. The van der Waals surface area contributed by atoms with Crippen LogP contribution >= 0.6 is 0 Å². The second-order valence-corrected chi connectivity index (χ2v) is 13.0. The molecule has 1 aromatic carbocycles. The standard InChI is InChI=1S/C36H48N4O3/c1-11-13-15-39(16-14-12-2)30-20-27(32(38-30)31-23(4)17-22(3)18-24(31)5)19-28-25(6)29(21-37)35(43)40(34(28)42)26(7)33(41)36(8,9)10/h17-19,26H,11-16,20H2,1-10H3/b28-19-. The summed E-state index contributed by atoms with van der Waals surface area (Å²) in [5.41, 5.74) is 5.79. The Hall–Kier alpha value is -3.79. The summed E-state index contributed by atoms with van der Waals surface area (Å²) in [6.45, 7) is 20.9. The second-order valence-electron chi connectivity index (χ2n) is 13.0. The number of imide groups is 1. The van der Waals surface area contributed by atoms with Gasteiger partial charge in [-0.2, -0.15) is 5.26 Å². The summed E-state index contributed by atoms with van der Waals surface area (Å²) in [6, 6.07) is 5.29. The van der Waals surface area contributed by atoms with Crippen LogP contribution in [0, 0.1) is 37.5 Å². The first kappa shape index (κ1) is 33.7. The maximum absolute atomic E-state index is 14.1. The highest BCUT2D eigenvalue weighted by molar-refractivity contribution is 6.20. The van der Waals surface area contributed by atoms with Gasteiger partial charge in [-0.05, 0) is 75.8 Å². The van der Waals surface area contributed by atoms with E-state index in [0.717, 1.165) is 77.5 Å². The van der Waals surface area contributed by atoms with Crippen LogP contribution in [0.3, 0.4) is 0 Å². The molecule has 0 bridgehead atoms. The molecular weight excluding hydrogens is 536 g/mol. The molecule has 2 aliphatic rings. The molecule has 0 spiro atoms. The molecule has 43 heavy (non-hydrogen) atoms. The SMILES string of the molecule is CCCCN(CCCC)C1=NC(c2c(C)cc(C)cc2C)=C(/C=C2\C(=O)N(C(C)C(=O)C(C)(C)C)C(=O)C(C#N)=C2C)C1. The summed E-state index contributed by atoms with van der Waals surface area (Å²) >= 11 is 0. The van der Waals surface area contributed by atoms with Gasteiger partial charge in [0.2, 0.25) is 0 Å². The Balaban J connectivity index is 2.24. The number of Topliss-reactive ketones (excluding diaryl/α,β-unsaturated/α-hetero) is 1. The summed E-state index contributed by atoms with van der Waals surface area (Å²) in [4.78, 5) is 49.2. The van der Waals surface area contributed by atoms with E-state index < -0.39 is 23.3 Å². The fourth-order valence-electron chi connectivity index (χ4n) is 6.00. The molecule has 1 aromatic rings. The molecule has 2 aliphatic heterocycles. The second kappa shape index (κ2) is 13.7. The van der Waals surface area contributed by atoms with Crippen LogP contribution in [0.4, 0.5) is 0 Å². The average molecular weight is 585 g/mol. The van der Waals surface area contributed by atoms with Gasteiger partial charge in [0, 0.05) is 36.1 Å². The van der Waals surface area contributed by atoms with Crippen LogP contribution in [0.2, 0.25) is 0 Å². The molecule has 0 aliphatic carbocycles. The zero-order chi connectivity index (χ0) is 32.2. The van der Waals surface area contributed by atoms with Crippen LogP contribution in [0.15, 0.2) is 45.5 Å². The minimum Gasteiger partial charge on any atom is -0.360 e. The Kier molecular flexibility index (Phi) is 10.7. The molecule has 0 fully saturated rings. The predicted octanol–water partition coefficient (Wildman–Crippen LogP) is 7.17. The van der Waals surface area contributed by atoms with E-state index in [-0.39, 0.29) is 16.9 Å². The van der Waals surface area contributed by atoms with Gasteiger partial charge in [0.15, 0.2) is 5.78 Å². The van der Waals surface area contributed by atoms with E-state index in [4.69, 9.17) is 4.99 Å². The van der Waals surface area contributed by atoms with Crippen LogP contribution in [0.25, 0.3) is 5.70 Å². The fraction of sp³-hybridized carbons (Fsp3) is 0.528. The van der Waals surface area contributed by atoms with Crippen molar-refractivity contribution in [2.45, 2.75) is 107 Å². The molecular formula is C36H48N4O3. The van der Waals surface area contributed by atoms with E-state index in [1.807, 2.05) is 12.1 Å². The highest BCUT2D eigenvalue weighted by Crippen LogP contribution is 2.38. The Bertz CT molecular complexity index is 1450. The molecule has 0 saturated carbocycles. The van der Waals surface area contributed by atoms with Gasteiger partial charge < -0.3 is 4.90 Å². The number of ketones is 1. The van der Waals surface area contributed by atoms with Crippen LogP contribution in [-0.4, -0.2) is 52.4 Å². The van der Waals surface area contributed by atoms with Crippen molar-refractivity contribution in [3.05, 3.63) is 62.8 Å². The minimum absolute atomic E-state index is 0.115. The van der Waals surface area contributed by atoms with Gasteiger partial charge in [-0.1, -0.05) is 65.2 Å². The zero-order valence-electron chi connectivity index (χ0n) is 27.8. The topological polar surface area (TPSA) is 93.8 Å². The fourth-order valence-corrected chi connectivity index (χ4v) is 6.00. The van der Waals surface area contributed by atoms with Gasteiger partial charge in [-0.25, -0.2) is 4.99 Å². The number of amidine groups is 1. The number of benzene rings is 1. The first-order chi connectivity index (χ1) is 20.2. The number of hydrogen-bond acceptors (Lipinski definition) is 6. The van der Waals surface area contributed by atoms with Crippen LogP contribution < -0.4 is 0 Å². The quantitative estimate of drug-likeness (QED) is 0.215. The Morgan fingerprint density at radius 3 is 2.09 bits per heavy atom. The summed E-state index contributed by atoms with van der Waals surface area (Å²) < 4.78 is 0. The number of allylic oxidation sites excluding steroid dienone is 1. The van der Waals surface area contributed by atoms with E-state index in [9.17, 15) is 19.6 Å². The highest BCUT2D eigenvalue weighted by Gasteiger charge is 2.43. The van der Waals surface area contributed by atoms with Gasteiger partial charge >= 0.3 is 0 Å². The van der Waals surface area contributed by atoms with E-state index in [1.54, 1.807) is 34.6 Å². The molecule has 2 amide bonds. The van der Waals surface area contributed by atoms with Gasteiger partial charge in [-0.3, -0.25) is 19.3 Å². The molecule has 7 nitrogen and oxygen atoms in total. The molecule has 1 unspecified atom stereocenters. The zero-order valence-corrected chi connectivity index (χ0v) is 27.8. The number of hydrogen-bond donors (Lipinski definition) is 0. The summed E-state index contributed by atoms with van der Waals surface area (Å²) in [5, 5.41) is 9.98. The van der Waals surface area contributed by atoms with Gasteiger partial charge in [0.05, 0.1) is 11.7 Å². The first-order valence-electron chi connectivity index (χ1n) is 15.6. The minimum atomic E-state index is -1.01. The third kappa shape index (κ3) is 7.06. The monoisotopic (exact) mass is 584 g/mol. The lowest BCUT2D eigenvalue weighted by atomic mass is 9.84. The number of amides is 2. The van der Waals surface area contributed by atoms with Crippen molar-refractivity contribution in [3.63, 3.8) is 0 Å². The number of aliphatic imine (C=N–C) groups is 1. The third-order valence-electron chi connectivity index (χ3n) is 8.33. The Morgan fingerprint density at radius 2 is 1.60 bits per heavy atom. The van der Waals surface area contributed by atoms with Crippen molar-refractivity contribution in [2.24, 2.45) is 10.4 Å². The third-order valence-corrected chi connectivity index (χ3v) is 8.33. The highest BCUT2D eigenvalue weighted by atomic mass is 16.2. The van der Waals surface area contributed by atoms with Gasteiger partial charge in [-0.15, -0.1) is 0 Å².